The van der Waals surface area contributed by atoms with Gasteiger partial charge >= 0.3 is 0 Å². The number of aromatic nitrogens is 2. The average molecular weight is 522 g/mol. The fourth-order valence-corrected chi connectivity index (χ4v) is 5.04. The van der Waals surface area contributed by atoms with E-state index >= 15 is 0 Å². The van der Waals surface area contributed by atoms with Crippen LogP contribution in [0.2, 0.25) is 10.0 Å². The maximum atomic E-state index is 13.3. The number of aryl methyl sites for hydroxylation is 1. The topological polar surface area (TPSA) is 70.9 Å². The molecule has 2 fully saturated rings. The summed E-state index contributed by atoms with van der Waals surface area (Å²) >= 11 is 12.4. The Morgan fingerprint density at radius 3 is 2.46 bits per heavy atom. The van der Waals surface area contributed by atoms with Crippen LogP contribution in [0.25, 0.3) is 0 Å². The molecule has 2 amide bonds. The van der Waals surface area contributed by atoms with Crippen LogP contribution >= 0.6 is 23.2 Å². The summed E-state index contributed by atoms with van der Waals surface area (Å²) in [6, 6.07) is 7.24. The third kappa shape index (κ3) is 6.48. The molecule has 0 unspecified atom stereocenters. The largest absolute Gasteiger partial charge is 0.490 e. The number of likely N-dealkylation sites (tertiary alicyclic amines) is 1. The summed E-state index contributed by atoms with van der Waals surface area (Å²) in [5, 5.41) is 5.40. The summed E-state index contributed by atoms with van der Waals surface area (Å²) in [6.07, 6.45) is 3.34. The van der Waals surface area contributed by atoms with E-state index in [1.807, 2.05) is 24.0 Å². The first-order chi connectivity index (χ1) is 16.8. The van der Waals surface area contributed by atoms with Crippen LogP contribution in [0.5, 0.6) is 5.75 Å². The molecular weight excluding hydrogens is 489 g/mol. The van der Waals surface area contributed by atoms with Crippen molar-refractivity contribution in [2.45, 2.75) is 38.8 Å². The van der Waals surface area contributed by atoms with E-state index in [9.17, 15) is 9.59 Å². The lowest BCUT2D eigenvalue weighted by Crippen LogP contribution is -2.51. The number of halogens is 2. The van der Waals surface area contributed by atoms with Gasteiger partial charge in [-0.2, -0.15) is 5.10 Å². The Morgan fingerprint density at radius 2 is 1.77 bits per heavy atom. The zero-order chi connectivity index (χ0) is 24.9. The van der Waals surface area contributed by atoms with Crippen molar-refractivity contribution in [3.8, 4) is 5.75 Å². The molecule has 0 bridgehead atoms. The minimum atomic E-state index is -0.202. The van der Waals surface area contributed by atoms with Gasteiger partial charge in [-0.3, -0.25) is 14.3 Å². The molecule has 3 heterocycles. The first kappa shape index (κ1) is 25.8. The van der Waals surface area contributed by atoms with Gasteiger partial charge in [0.25, 0.3) is 5.91 Å². The van der Waals surface area contributed by atoms with Gasteiger partial charge in [0, 0.05) is 75.8 Å². The molecule has 1 aromatic heterocycles. The zero-order valence-corrected chi connectivity index (χ0v) is 21.8. The Morgan fingerprint density at radius 1 is 1.06 bits per heavy atom. The fourth-order valence-electron chi connectivity index (χ4n) is 4.68. The highest BCUT2D eigenvalue weighted by Gasteiger charge is 2.37. The number of carbonyl (C=O) groups is 2. The Balaban J connectivity index is 1.49. The van der Waals surface area contributed by atoms with Crippen LogP contribution in [0.1, 0.15) is 36.7 Å². The van der Waals surface area contributed by atoms with Crippen molar-refractivity contribution in [1.29, 1.82) is 0 Å². The first-order valence-corrected chi connectivity index (χ1v) is 13.0. The van der Waals surface area contributed by atoms with Crippen molar-refractivity contribution in [3.05, 3.63) is 46.2 Å². The summed E-state index contributed by atoms with van der Waals surface area (Å²) in [4.78, 5) is 32.4. The van der Waals surface area contributed by atoms with E-state index in [0.29, 0.717) is 48.3 Å². The summed E-state index contributed by atoms with van der Waals surface area (Å²) in [5.74, 6) is 0.462. The second-order valence-electron chi connectivity index (χ2n) is 9.39. The highest BCUT2D eigenvalue weighted by molar-refractivity contribution is 6.33. The van der Waals surface area contributed by atoms with Crippen molar-refractivity contribution in [3.63, 3.8) is 0 Å². The van der Waals surface area contributed by atoms with Crippen molar-refractivity contribution in [2.24, 2.45) is 5.92 Å². The van der Waals surface area contributed by atoms with E-state index in [4.69, 9.17) is 27.9 Å². The third-order valence-electron chi connectivity index (χ3n) is 6.72. The molecule has 2 atom stereocenters. The number of amides is 2. The van der Waals surface area contributed by atoms with Gasteiger partial charge in [0.2, 0.25) is 5.91 Å². The van der Waals surface area contributed by atoms with E-state index < -0.39 is 0 Å². The van der Waals surface area contributed by atoms with Crippen LogP contribution in [-0.2, 0) is 11.3 Å². The number of hydrogen-bond donors (Lipinski definition) is 0. The molecule has 35 heavy (non-hydrogen) atoms. The highest BCUT2D eigenvalue weighted by Crippen LogP contribution is 2.29. The van der Waals surface area contributed by atoms with Gasteiger partial charge in [-0.05, 0) is 37.7 Å². The van der Waals surface area contributed by atoms with E-state index in [0.717, 1.165) is 32.6 Å². The number of nitrogens with zero attached hydrogens (tertiary/aromatic N) is 5. The monoisotopic (exact) mass is 521 g/mol. The van der Waals surface area contributed by atoms with Gasteiger partial charge in [-0.15, -0.1) is 0 Å². The summed E-state index contributed by atoms with van der Waals surface area (Å²) in [6.45, 7) is 6.84. The third-order valence-corrected chi connectivity index (χ3v) is 7.25. The lowest BCUT2D eigenvalue weighted by Gasteiger charge is -2.39. The van der Waals surface area contributed by atoms with Crippen molar-refractivity contribution in [2.75, 3.05) is 46.3 Å². The number of hydrogen-bond acceptors (Lipinski definition) is 5. The quantitative estimate of drug-likeness (QED) is 0.555. The molecule has 10 heteroatoms. The lowest BCUT2D eigenvalue weighted by atomic mass is 9.90. The predicted molar refractivity (Wildman–Crippen MR) is 136 cm³/mol. The van der Waals surface area contributed by atoms with Gasteiger partial charge in [-0.25, -0.2) is 0 Å². The Bertz CT molecular complexity index is 1020. The van der Waals surface area contributed by atoms with Crippen LogP contribution in [0.15, 0.2) is 30.5 Å². The van der Waals surface area contributed by atoms with Crippen molar-refractivity contribution >= 4 is 35.0 Å². The average Bonchev–Trinajstić information content (AvgIpc) is 3.21. The number of rotatable bonds is 7. The number of piperazine rings is 1. The second kappa shape index (κ2) is 11.6. The normalized spacial score (nSPS) is 21.3. The Kier molecular flexibility index (Phi) is 8.57. The molecule has 0 spiro atoms. The van der Waals surface area contributed by atoms with Crippen LogP contribution in [0.3, 0.4) is 0 Å². The van der Waals surface area contributed by atoms with Gasteiger partial charge < -0.3 is 19.4 Å². The molecule has 2 aliphatic heterocycles. The van der Waals surface area contributed by atoms with Gasteiger partial charge in [0.05, 0.1) is 5.02 Å². The number of ether oxygens (including phenoxy) is 1. The standard InChI is InChI=1S/C25H33Cl2N5O3/c1-3-9-32-17-21(27)24(28-32)25(34)31-10-8-22(35-20-6-4-19(26)5-7-20)18(16-31)15-23(33)30-13-11-29(2)12-14-30/h4-7,17-18,22H,3,8-16H2,1-2H3/t18-,22-/m0/s1. The van der Waals surface area contributed by atoms with Crippen molar-refractivity contribution < 1.29 is 14.3 Å². The SMILES string of the molecule is CCCn1cc(Cl)c(C(=O)N2CC[C@H](Oc3ccc(Cl)cc3)[C@@H](CC(=O)N3CCN(C)CC3)C2)n1. The van der Waals surface area contributed by atoms with Crippen molar-refractivity contribution in [1.82, 2.24) is 24.5 Å². The lowest BCUT2D eigenvalue weighted by molar-refractivity contribution is -0.135. The molecular formula is C25H33Cl2N5O3. The maximum Gasteiger partial charge on any atom is 0.275 e. The number of likely N-dealkylation sites (N-methyl/N-ethyl adjacent to an activating group) is 1. The molecule has 1 aromatic carbocycles. The fraction of sp³-hybridized carbons (Fsp3) is 0.560. The first-order valence-electron chi connectivity index (χ1n) is 12.2. The summed E-state index contributed by atoms with van der Waals surface area (Å²) in [5.41, 5.74) is 0.265. The van der Waals surface area contributed by atoms with Crippen LogP contribution in [0.4, 0.5) is 0 Å². The molecule has 190 valence electrons. The van der Waals surface area contributed by atoms with Gasteiger partial charge in [0.15, 0.2) is 5.69 Å². The molecule has 0 N–H and O–H groups in total. The van der Waals surface area contributed by atoms with Crippen LogP contribution in [-0.4, -0.2) is 88.7 Å². The van der Waals surface area contributed by atoms with E-state index in [1.54, 1.807) is 27.9 Å². The molecule has 0 saturated carbocycles. The van der Waals surface area contributed by atoms with Crippen LogP contribution in [0, 0.1) is 5.92 Å². The minimum absolute atomic E-state index is 0.104. The second-order valence-corrected chi connectivity index (χ2v) is 10.2. The van der Waals surface area contributed by atoms with Gasteiger partial charge in [-0.1, -0.05) is 30.1 Å². The van der Waals surface area contributed by atoms with E-state index in [-0.39, 0.29) is 29.5 Å². The maximum absolute atomic E-state index is 13.3. The van der Waals surface area contributed by atoms with Crippen LogP contribution < -0.4 is 4.74 Å². The van der Waals surface area contributed by atoms with E-state index in [2.05, 4.69) is 17.0 Å². The molecule has 4 rings (SSSR count). The smallest absolute Gasteiger partial charge is 0.275 e. The number of carbonyl (C=O) groups excluding carboxylic acids is 2. The number of piperidine rings is 1. The number of benzene rings is 1. The molecule has 2 aromatic rings. The summed E-state index contributed by atoms with van der Waals surface area (Å²) < 4.78 is 8.01. The Labute approximate surface area is 216 Å². The molecule has 8 nitrogen and oxygen atoms in total. The predicted octanol–water partition coefficient (Wildman–Crippen LogP) is 3.67. The molecule has 2 aliphatic rings. The minimum Gasteiger partial charge on any atom is -0.490 e. The molecule has 0 aliphatic carbocycles. The molecule has 0 radical (unpaired) electrons. The summed E-state index contributed by atoms with van der Waals surface area (Å²) in [7, 11) is 2.06. The highest BCUT2D eigenvalue weighted by atomic mass is 35.5. The van der Waals surface area contributed by atoms with E-state index in [1.165, 1.54) is 0 Å². The van der Waals surface area contributed by atoms with Gasteiger partial charge in [0.1, 0.15) is 11.9 Å². The Hall–Kier alpha value is -2.29. The molecule has 2 saturated heterocycles. The zero-order valence-electron chi connectivity index (χ0n) is 20.3.